The van der Waals surface area contributed by atoms with Crippen molar-refractivity contribution in [2.24, 2.45) is 5.92 Å². The van der Waals surface area contributed by atoms with E-state index in [1.165, 1.54) is 22.8 Å². The number of carboxylic acids is 1. The first-order chi connectivity index (χ1) is 9.73. The topological polar surface area (TPSA) is 77.9 Å². The van der Waals surface area contributed by atoms with Gasteiger partial charge in [0.05, 0.1) is 5.92 Å². The third kappa shape index (κ3) is 4.30. The molecule has 21 heavy (non-hydrogen) atoms. The number of rotatable bonds is 5. The van der Waals surface area contributed by atoms with E-state index < -0.39 is 11.9 Å². The summed E-state index contributed by atoms with van der Waals surface area (Å²) in [6.07, 6.45) is 0. The molecule has 1 atom stereocenters. The predicted octanol–water partition coefficient (Wildman–Crippen LogP) is 1.18. The number of carbonyl (C=O) groups excluding carboxylic acids is 2. The Morgan fingerprint density at radius 1 is 1.10 bits per heavy atom. The number of benzene rings is 1. The summed E-state index contributed by atoms with van der Waals surface area (Å²) in [6.45, 7) is 1.65. The van der Waals surface area contributed by atoms with Crippen molar-refractivity contribution in [1.29, 1.82) is 0 Å². The summed E-state index contributed by atoms with van der Waals surface area (Å²) in [5.41, 5.74) is 0.785. The Kier molecular flexibility index (Phi) is 5.46. The van der Waals surface area contributed by atoms with Gasteiger partial charge in [0.25, 0.3) is 11.8 Å². The van der Waals surface area contributed by atoms with Crippen molar-refractivity contribution in [3.8, 4) is 0 Å². The second-order valence-corrected chi connectivity index (χ2v) is 5.21. The summed E-state index contributed by atoms with van der Waals surface area (Å²) < 4.78 is 0. The van der Waals surface area contributed by atoms with Crippen LogP contribution in [0.1, 0.15) is 27.6 Å². The van der Waals surface area contributed by atoms with E-state index >= 15 is 0 Å². The maximum atomic E-state index is 12.3. The zero-order valence-electron chi connectivity index (χ0n) is 12.7. The zero-order valence-corrected chi connectivity index (χ0v) is 12.7. The van der Waals surface area contributed by atoms with E-state index in [2.05, 4.69) is 0 Å². The summed E-state index contributed by atoms with van der Waals surface area (Å²) in [6, 6.07) is 6.40. The van der Waals surface area contributed by atoms with Gasteiger partial charge < -0.3 is 14.9 Å². The molecule has 2 amide bonds. The van der Waals surface area contributed by atoms with Crippen molar-refractivity contribution in [3.05, 3.63) is 35.4 Å². The van der Waals surface area contributed by atoms with Crippen molar-refractivity contribution in [3.63, 3.8) is 0 Å². The molecule has 1 rings (SSSR count). The molecule has 0 aromatic heterocycles. The second-order valence-electron chi connectivity index (χ2n) is 5.21. The molecule has 6 heteroatoms. The van der Waals surface area contributed by atoms with Crippen LogP contribution in [0.2, 0.25) is 0 Å². The number of carboxylic acid groups (broad SMARTS) is 1. The summed E-state index contributed by atoms with van der Waals surface area (Å²) in [7, 11) is 4.82. The lowest BCUT2D eigenvalue weighted by Crippen LogP contribution is -2.33. The summed E-state index contributed by atoms with van der Waals surface area (Å²) in [5, 5.41) is 8.87. The lowest BCUT2D eigenvalue weighted by Gasteiger charge is -2.20. The molecule has 0 aliphatic rings. The fraction of sp³-hybridized carbons (Fsp3) is 0.400. The molecule has 0 heterocycles. The molecule has 1 aromatic carbocycles. The molecular weight excluding hydrogens is 272 g/mol. The summed E-state index contributed by atoms with van der Waals surface area (Å²) in [5.74, 6) is -2.10. The molecule has 0 saturated carbocycles. The lowest BCUT2D eigenvalue weighted by molar-refractivity contribution is -0.141. The van der Waals surface area contributed by atoms with Crippen LogP contribution >= 0.6 is 0 Å². The van der Waals surface area contributed by atoms with Crippen LogP contribution < -0.4 is 0 Å². The van der Waals surface area contributed by atoms with Gasteiger partial charge in [0.15, 0.2) is 0 Å². The van der Waals surface area contributed by atoms with Crippen LogP contribution in [0.25, 0.3) is 0 Å². The fourth-order valence-electron chi connectivity index (χ4n) is 1.84. The smallest absolute Gasteiger partial charge is 0.308 e. The van der Waals surface area contributed by atoms with Gasteiger partial charge in [-0.05, 0) is 18.2 Å². The van der Waals surface area contributed by atoms with E-state index in [-0.39, 0.29) is 18.4 Å². The number of carbonyl (C=O) groups is 3. The molecule has 0 saturated heterocycles. The first kappa shape index (κ1) is 16.7. The highest BCUT2D eigenvalue weighted by atomic mass is 16.4. The van der Waals surface area contributed by atoms with Crippen LogP contribution in [0.4, 0.5) is 0 Å². The monoisotopic (exact) mass is 292 g/mol. The average Bonchev–Trinajstić information content (AvgIpc) is 2.45. The quantitative estimate of drug-likeness (QED) is 0.884. The average molecular weight is 292 g/mol. The molecular formula is C15H20N2O4. The molecule has 0 spiro atoms. The third-order valence-corrected chi connectivity index (χ3v) is 3.08. The molecule has 0 aliphatic carbocycles. The fourth-order valence-corrected chi connectivity index (χ4v) is 1.84. The van der Waals surface area contributed by atoms with Gasteiger partial charge >= 0.3 is 5.97 Å². The van der Waals surface area contributed by atoms with Crippen LogP contribution in [0.15, 0.2) is 24.3 Å². The van der Waals surface area contributed by atoms with Gasteiger partial charge in [-0.25, -0.2) is 0 Å². The zero-order chi connectivity index (χ0) is 16.2. The van der Waals surface area contributed by atoms with Gasteiger partial charge in [-0.1, -0.05) is 13.0 Å². The van der Waals surface area contributed by atoms with Crippen molar-refractivity contribution in [1.82, 2.24) is 9.80 Å². The molecule has 1 N–H and O–H groups in total. The van der Waals surface area contributed by atoms with E-state index in [4.69, 9.17) is 5.11 Å². The molecule has 0 fully saturated rings. The Morgan fingerprint density at radius 3 is 2.10 bits per heavy atom. The van der Waals surface area contributed by atoms with Crippen LogP contribution in [-0.4, -0.2) is 60.4 Å². The van der Waals surface area contributed by atoms with E-state index in [1.54, 1.807) is 39.3 Å². The Morgan fingerprint density at radius 2 is 1.62 bits per heavy atom. The SMILES string of the molecule is CC(CN(C)C(=O)c1cccc(C(=O)N(C)C)c1)C(=O)O. The van der Waals surface area contributed by atoms with Crippen LogP contribution in [-0.2, 0) is 4.79 Å². The third-order valence-electron chi connectivity index (χ3n) is 3.08. The van der Waals surface area contributed by atoms with Gasteiger partial charge in [0.1, 0.15) is 0 Å². The lowest BCUT2D eigenvalue weighted by atomic mass is 10.1. The molecule has 114 valence electrons. The number of hydrogen-bond donors (Lipinski definition) is 1. The summed E-state index contributed by atoms with van der Waals surface area (Å²) in [4.78, 5) is 37.7. The maximum absolute atomic E-state index is 12.3. The molecule has 1 aromatic rings. The van der Waals surface area contributed by atoms with E-state index in [0.29, 0.717) is 11.1 Å². The Bertz CT molecular complexity index is 554. The van der Waals surface area contributed by atoms with Crippen LogP contribution in [0.5, 0.6) is 0 Å². The molecule has 0 radical (unpaired) electrons. The molecule has 6 nitrogen and oxygen atoms in total. The van der Waals surface area contributed by atoms with Gasteiger partial charge in [-0.3, -0.25) is 14.4 Å². The van der Waals surface area contributed by atoms with Gasteiger partial charge in [-0.15, -0.1) is 0 Å². The Hall–Kier alpha value is -2.37. The molecule has 0 aliphatic heterocycles. The summed E-state index contributed by atoms with van der Waals surface area (Å²) >= 11 is 0. The Balaban J connectivity index is 2.90. The highest BCUT2D eigenvalue weighted by molar-refractivity contribution is 5.99. The largest absolute Gasteiger partial charge is 0.481 e. The maximum Gasteiger partial charge on any atom is 0.308 e. The van der Waals surface area contributed by atoms with Gasteiger partial charge in [-0.2, -0.15) is 0 Å². The van der Waals surface area contributed by atoms with Crippen LogP contribution in [0.3, 0.4) is 0 Å². The normalized spacial score (nSPS) is 11.6. The minimum atomic E-state index is -0.953. The van der Waals surface area contributed by atoms with Crippen molar-refractivity contribution < 1.29 is 19.5 Å². The predicted molar refractivity (Wildman–Crippen MR) is 78.2 cm³/mol. The molecule has 1 unspecified atom stereocenters. The minimum Gasteiger partial charge on any atom is -0.481 e. The minimum absolute atomic E-state index is 0.111. The highest BCUT2D eigenvalue weighted by Gasteiger charge is 2.19. The standard InChI is InChI=1S/C15H20N2O4/c1-10(15(20)21)9-17(4)14(19)12-7-5-6-11(8-12)13(18)16(2)3/h5-8,10H,9H2,1-4H3,(H,20,21). The highest BCUT2D eigenvalue weighted by Crippen LogP contribution is 2.11. The number of amides is 2. The first-order valence-corrected chi connectivity index (χ1v) is 6.54. The molecule has 0 bridgehead atoms. The number of hydrogen-bond acceptors (Lipinski definition) is 3. The van der Waals surface area contributed by atoms with Gasteiger partial charge in [0.2, 0.25) is 0 Å². The number of nitrogens with zero attached hydrogens (tertiary/aromatic N) is 2. The number of aliphatic carboxylic acids is 1. The van der Waals surface area contributed by atoms with Crippen molar-refractivity contribution in [2.75, 3.05) is 27.7 Å². The first-order valence-electron chi connectivity index (χ1n) is 6.54. The van der Waals surface area contributed by atoms with Crippen molar-refractivity contribution in [2.45, 2.75) is 6.92 Å². The second kappa shape index (κ2) is 6.88. The Labute approximate surface area is 124 Å². The van der Waals surface area contributed by atoms with E-state index in [9.17, 15) is 14.4 Å². The van der Waals surface area contributed by atoms with Gasteiger partial charge in [0, 0.05) is 38.8 Å². The van der Waals surface area contributed by atoms with E-state index in [0.717, 1.165) is 0 Å². The van der Waals surface area contributed by atoms with E-state index in [1.807, 2.05) is 0 Å². The van der Waals surface area contributed by atoms with Crippen LogP contribution in [0, 0.1) is 5.92 Å². The van der Waals surface area contributed by atoms with Crippen molar-refractivity contribution >= 4 is 17.8 Å².